The van der Waals surface area contributed by atoms with Crippen molar-refractivity contribution in [1.29, 1.82) is 0 Å². The van der Waals surface area contributed by atoms with Crippen LogP contribution in [0.4, 0.5) is 4.39 Å². The summed E-state index contributed by atoms with van der Waals surface area (Å²) in [5.74, 6) is -0.0567. The van der Waals surface area contributed by atoms with Gasteiger partial charge in [-0.15, -0.1) is 4.68 Å². The lowest BCUT2D eigenvalue weighted by atomic mass is 10.2. The molecule has 0 saturated heterocycles. The highest BCUT2D eigenvalue weighted by Crippen LogP contribution is 2.32. The Kier molecular flexibility index (Phi) is 6.01. The van der Waals surface area contributed by atoms with E-state index in [4.69, 9.17) is 16.3 Å². The topological polar surface area (TPSA) is 76.5 Å². The van der Waals surface area contributed by atoms with Crippen LogP contribution in [-0.2, 0) is 6.61 Å². The van der Waals surface area contributed by atoms with Gasteiger partial charge in [0.1, 0.15) is 18.2 Å². The fourth-order valence-electron chi connectivity index (χ4n) is 2.97. The first-order valence-corrected chi connectivity index (χ1v) is 10.2. The van der Waals surface area contributed by atoms with Gasteiger partial charge in [-0.2, -0.15) is 5.10 Å². The molecule has 0 aliphatic heterocycles. The van der Waals surface area contributed by atoms with Crippen LogP contribution in [0.5, 0.6) is 5.75 Å². The van der Waals surface area contributed by atoms with E-state index in [1.54, 1.807) is 54.6 Å². The van der Waals surface area contributed by atoms with Gasteiger partial charge in [0.15, 0.2) is 0 Å². The second-order valence-corrected chi connectivity index (χ2v) is 7.81. The van der Waals surface area contributed by atoms with Crippen molar-refractivity contribution in [1.82, 2.24) is 9.66 Å². The lowest BCUT2D eigenvalue weighted by molar-refractivity contribution is 0.297. The fraction of sp³-hybridized carbons (Fsp3) is 0.0455. The minimum Gasteiger partial charge on any atom is -0.487 e. The van der Waals surface area contributed by atoms with Gasteiger partial charge in [0.05, 0.1) is 21.6 Å². The molecule has 0 unspecified atom stereocenters. The first-order valence-electron chi connectivity index (χ1n) is 9.08. The van der Waals surface area contributed by atoms with E-state index >= 15 is 0 Å². The number of benzene rings is 3. The summed E-state index contributed by atoms with van der Waals surface area (Å²) in [4.78, 5) is 27.6. The van der Waals surface area contributed by atoms with E-state index in [9.17, 15) is 14.0 Å². The van der Waals surface area contributed by atoms with Crippen LogP contribution in [0.3, 0.4) is 0 Å². The summed E-state index contributed by atoms with van der Waals surface area (Å²) in [6.07, 6.45) is 1.29. The Morgan fingerprint density at radius 1 is 1.13 bits per heavy atom. The van der Waals surface area contributed by atoms with Crippen molar-refractivity contribution in [3.8, 4) is 5.75 Å². The quantitative estimate of drug-likeness (QED) is 0.402. The van der Waals surface area contributed by atoms with Crippen LogP contribution in [0.2, 0.25) is 5.02 Å². The van der Waals surface area contributed by atoms with Crippen LogP contribution < -0.4 is 16.0 Å². The Labute approximate surface area is 188 Å². The molecule has 4 aromatic rings. The van der Waals surface area contributed by atoms with E-state index < -0.39 is 17.1 Å². The summed E-state index contributed by atoms with van der Waals surface area (Å²) in [5, 5.41) is 4.75. The largest absolute Gasteiger partial charge is 0.487 e. The van der Waals surface area contributed by atoms with Crippen LogP contribution in [-0.4, -0.2) is 15.9 Å². The smallest absolute Gasteiger partial charge is 0.349 e. The summed E-state index contributed by atoms with van der Waals surface area (Å²) < 4.78 is 21.0. The Bertz CT molecular complexity index is 1430. The van der Waals surface area contributed by atoms with Crippen molar-refractivity contribution in [2.45, 2.75) is 6.61 Å². The molecule has 0 saturated carbocycles. The van der Waals surface area contributed by atoms with Gasteiger partial charge in [0.25, 0.3) is 5.56 Å². The number of nitrogens with one attached hydrogen (secondary N) is 1. The molecule has 31 heavy (non-hydrogen) atoms. The van der Waals surface area contributed by atoms with Crippen LogP contribution in [0.1, 0.15) is 11.1 Å². The van der Waals surface area contributed by atoms with Crippen molar-refractivity contribution in [2.24, 2.45) is 5.10 Å². The maximum Gasteiger partial charge on any atom is 0.349 e. The predicted octanol–water partition coefficient (Wildman–Crippen LogP) is 4.71. The number of ether oxygens (including phenoxy) is 1. The molecular weight excluding hydrogens is 489 g/mol. The maximum absolute atomic E-state index is 13.9. The molecule has 0 atom stereocenters. The van der Waals surface area contributed by atoms with Crippen molar-refractivity contribution >= 4 is 44.6 Å². The van der Waals surface area contributed by atoms with Gasteiger partial charge in [-0.25, -0.2) is 9.18 Å². The molecule has 3 aromatic carbocycles. The molecule has 0 amide bonds. The third kappa shape index (κ3) is 4.45. The molecule has 0 aliphatic rings. The minimum absolute atomic E-state index is 0.0374. The second kappa shape index (κ2) is 8.87. The number of hydrogen-bond donors (Lipinski definition) is 1. The van der Waals surface area contributed by atoms with Crippen LogP contribution in [0, 0.1) is 5.82 Å². The Hall–Kier alpha value is -3.23. The van der Waals surface area contributed by atoms with E-state index in [2.05, 4.69) is 26.0 Å². The number of fused-ring (bicyclic) bond motifs is 1. The number of para-hydroxylation sites is 1. The summed E-state index contributed by atoms with van der Waals surface area (Å²) in [5.41, 5.74) is -0.0617. The summed E-state index contributed by atoms with van der Waals surface area (Å²) in [6.45, 7) is -0.0374. The number of H-pyrrole nitrogens is 1. The van der Waals surface area contributed by atoms with Gasteiger partial charge in [0, 0.05) is 16.1 Å². The monoisotopic (exact) mass is 501 g/mol. The van der Waals surface area contributed by atoms with E-state index in [0.717, 1.165) is 4.68 Å². The second-order valence-electron chi connectivity index (χ2n) is 6.52. The number of aromatic nitrogens is 2. The normalized spacial score (nSPS) is 11.3. The maximum atomic E-state index is 13.9. The number of rotatable bonds is 5. The molecule has 9 heteroatoms. The molecule has 1 N–H and O–H groups in total. The summed E-state index contributed by atoms with van der Waals surface area (Å²) >= 11 is 9.52. The predicted molar refractivity (Wildman–Crippen MR) is 122 cm³/mol. The average molecular weight is 503 g/mol. The minimum atomic E-state index is -0.685. The van der Waals surface area contributed by atoms with E-state index in [1.165, 1.54) is 12.3 Å². The Balaban J connectivity index is 1.73. The molecule has 1 aromatic heterocycles. The van der Waals surface area contributed by atoms with Gasteiger partial charge in [-0.05, 0) is 46.3 Å². The Morgan fingerprint density at radius 3 is 2.68 bits per heavy atom. The zero-order chi connectivity index (χ0) is 22.0. The van der Waals surface area contributed by atoms with E-state index in [1.807, 2.05) is 0 Å². The van der Waals surface area contributed by atoms with Crippen molar-refractivity contribution in [3.63, 3.8) is 0 Å². The molecule has 1 heterocycles. The average Bonchev–Trinajstić information content (AvgIpc) is 2.74. The lowest BCUT2D eigenvalue weighted by Crippen LogP contribution is -2.32. The van der Waals surface area contributed by atoms with E-state index in [0.29, 0.717) is 37.3 Å². The molecule has 0 radical (unpaired) electrons. The van der Waals surface area contributed by atoms with Gasteiger partial charge in [0.2, 0.25) is 0 Å². The molecule has 0 fully saturated rings. The highest BCUT2D eigenvalue weighted by atomic mass is 79.9. The molecule has 0 aliphatic carbocycles. The van der Waals surface area contributed by atoms with Crippen LogP contribution in [0.25, 0.3) is 10.9 Å². The van der Waals surface area contributed by atoms with Crippen LogP contribution in [0.15, 0.2) is 79.8 Å². The van der Waals surface area contributed by atoms with Gasteiger partial charge >= 0.3 is 5.69 Å². The SMILES string of the molecule is O=c1[nH]c2ccccc2c(=O)n1N=Cc1cc(Cl)cc(Br)c1OCc1ccccc1F. The van der Waals surface area contributed by atoms with Gasteiger partial charge < -0.3 is 9.72 Å². The van der Waals surface area contributed by atoms with Crippen molar-refractivity contribution < 1.29 is 9.13 Å². The molecule has 4 rings (SSSR count). The molecule has 0 spiro atoms. The van der Waals surface area contributed by atoms with Gasteiger partial charge in [-0.3, -0.25) is 4.79 Å². The van der Waals surface area contributed by atoms with Gasteiger partial charge in [-0.1, -0.05) is 41.9 Å². The number of nitrogens with zero attached hydrogens (tertiary/aromatic N) is 2. The fourth-order valence-corrected chi connectivity index (χ4v) is 3.92. The zero-order valence-corrected chi connectivity index (χ0v) is 18.2. The highest BCUT2D eigenvalue weighted by molar-refractivity contribution is 9.10. The molecule has 0 bridgehead atoms. The first kappa shape index (κ1) is 21.0. The summed E-state index contributed by atoms with van der Waals surface area (Å²) in [7, 11) is 0. The number of aromatic amines is 1. The number of halogens is 3. The van der Waals surface area contributed by atoms with Crippen LogP contribution >= 0.6 is 27.5 Å². The first-order chi connectivity index (χ1) is 14.9. The van der Waals surface area contributed by atoms with Crippen molar-refractivity contribution in [3.05, 3.63) is 108 Å². The lowest BCUT2D eigenvalue weighted by Gasteiger charge is -2.12. The molecular formula is C22H14BrClFN3O3. The molecule has 6 nitrogen and oxygen atoms in total. The standard InChI is InChI=1S/C22H14BrClFN3O3/c23-17-10-15(24)9-14(20(17)31-12-13-5-1-3-7-18(13)25)11-26-28-21(29)16-6-2-4-8-19(16)27-22(28)30/h1-11H,12H2,(H,27,30). The number of hydrogen-bond acceptors (Lipinski definition) is 4. The highest BCUT2D eigenvalue weighted by Gasteiger charge is 2.12. The van der Waals surface area contributed by atoms with E-state index in [-0.39, 0.29) is 6.61 Å². The third-order valence-corrected chi connectivity index (χ3v) is 5.27. The Morgan fingerprint density at radius 2 is 1.87 bits per heavy atom. The molecule has 156 valence electrons. The zero-order valence-electron chi connectivity index (χ0n) is 15.8. The summed E-state index contributed by atoms with van der Waals surface area (Å²) in [6, 6.07) is 16.1. The third-order valence-electron chi connectivity index (χ3n) is 4.46. The van der Waals surface area contributed by atoms with Crippen molar-refractivity contribution in [2.75, 3.05) is 0 Å².